The first-order valence-electron chi connectivity index (χ1n) is 10.4. The molecule has 7 nitrogen and oxygen atoms in total. The number of hydrogen-bond acceptors (Lipinski definition) is 6. The van der Waals surface area contributed by atoms with Gasteiger partial charge in [0.25, 0.3) is 0 Å². The Morgan fingerprint density at radius 2 is 2.00 bits per heavy atom. The number of rotatable bonds is 1. The third-order valence-corrected chi connectivity index (χ3v) is 6.40. The van der Waals surface area contributed by atoms with Crippen LogP contribution in [0.25, 0.3) is 10.9 Å². The number of pyridine rings is 1. The molecule has 3 unspecified atom stereocenters. The van der Waals surface area contributed by atoms with Gasteiger partial charge in [0.05, 0.1) is 30.2 Å². The van der Waals surface area contributed by atoms with Crippen LogP contribution in [0.1, 0.15) is 50.2 Å². The Morgan fingerprint density at radius 3 is 2.66 bits per heavy atom. The number of ether oxygens (including phenoxy) is 3. The van der Waals surface area contributed by atoms with Crippen molar-refractivity contribution in [1.82, 2.24) is 9.88 Å². The highest BCUT2D eigenvalue weighted by Gasteiger charge is 2.55. The van der Waals surface area contributed by atoms with E-state index in [0.717, 1.165) is 16.5 Å². The van der Waals surface area contributed by atoms with Crippen molar-refractivity contribution in [3.8, 4) is 5.75 Å². The zero-order valence-electron chi connectivity index (χ0n) is 18.7. The van der Waals surface area contributed by atoms with Gasteiger partial charge in [0.2, 0.25) is 0 Å². The zero-order chi connectivity index (χ0) is 23.4. The van der Waals surface area contributed by atoms with Gasteiger partial charge in [0, 0.05) is 28.8 Å². The topological polar surface area (TPSA) is 78.0 Å². The number of nitrogens with zero attached hydrogens (tertiary/aromatic N) is 2. The standard InChI is InChI=1S/C23H26Cl2N2O5/c1-12-19-18(14-8-13(24)6-7-16(14)26-12)15(25)9-23(31-19)10-17(20(28)30-5)27(11-23)21(29)32-22(2,3)4/h6-8,15,17H,9-11H2,1-5H3. The molecule has 3 heterocycles. The molecule has 0 bridgehead atoms. The SMILES string of the molecule is COC(=O)C1CC2(CC(Cl)c3c(c(C)nc4ccc(Cl)cc34)O2)CN1C(=O)OC(C)(C)C. The van der Waals surface area contributed by atoms with Crippen LogP contribution in [0.2, 0.25) is 5.02 Å². The molecule has 1 amide bonds. The molecule has 0 N–H and O–H groups in total. The smallest absolute Gasteiger partial charge is 0.411 e. The minimum absolute atomic E-state index is 0.150. The minimum atomic E-state index is -0.867. The number of esters is 1. The number of methoxy groups -OCH3 is 1. The normalized spacial score (nSPS) is 24.9. The van der Waals surface area contributed by atoms with E-state index in [-0.39, 0.29) is 13.0 Å². The first kappa shape index (κ1) is 22.9. The zero-order valence-corrected chi connectivity index (χ0v) is 20.2. The monoisotopic (exact) mass is 480 g/mol. The second-order valence-electron chi connectivity index (χ2n) is 9.41. The quantitative estimate of drug-likeness (QED) is 0.413. The lowest BCUT2D eigenvalue weighted by Crippen LogP contribution is -2.46. The van der Waals surface area contributed by atoms with E-state index in [1.54, 1.807) is 26.8 Å². The number of likely N-dealkylation sites (tertiary alicyclic amines) is 1. The molecule has 0 radical (unpaired) electrons. The van der Waals surface area contributed by atoms with Crippen LogP contribution < -0.4 is 4.74 Å². The second-order valence-corrected chi connectivity index (χ2v) is 10.4. The maximum atomic E-state index is 12.9. The number of fused-ring (bicyclic) bond motifs is 3. The molecule has 3 atom stereocenters. The first-order chi connectivity index (χ1) is 14.9. The van der Waals surface area contributed by atoms with Crippen LogP contribution in [0.4, 0.5) is 4.79 Å². The Labute approximate surface area is 196 Å². The highest BCUT2D eigenvalue weighted by atomic mass is 35.5. The fourth-order valence-corrected chi connectivity index (χ4v) is 5.20. The number of halogens is 2. The Balaban J connectivity index is 1.74. The molecular weight excluding hydrogens is 455 g/mol. The summed E-state index contributed by atoms with van der Waals surface area (Å²) in [4.78, 5) is 31.5. The highest BCUT2D eigenvalue weighted by molar-refractivity contribution is 6.31. The number of aromatic nitrogens is 1. The molecule has 9 heteroatoms. The fraction of sp³-hybridized carbons (Fsp3) is 0.522. The number of alkyl halides is 1. The Morgan fingerprint density at radius 1 is 1.28 bits per heavy atom. The van der Waals surface area contributed by atoms with Gasteiger partial charge in [-0.3, -0.25) is 4.90 Å². The van der Waals surface area contributed by atoms with E-state index >= 15 is 0 Å². The third kappa shape index (κ3) is 4.08. The molecule has 2 aliphatic rings. The molecular formula is C23H26Cl2N2O5. The molecule has 0 saturated carbocycles. The van der Waals surface area contributed by atoms with Crippen LogP contribution in [0.15, 0.2) is 18.2 Å². The number of carbonyl (C=O) groups is 2. The summed E-state index contributed by atoms with van der Waals surface area (Å²) in [6.45, 7) is 7.33. The molecule has 1 saturated heterocycles. The average molecular weight is 481 g/mol. The summed E-state index contributed by atoms with van der Waals surface area (Å²) < 4.78 is 17.0. The van der Waals surface area contributed by atoms with Gasteiger partial charge in [-0.2, -0.15) is 0 Å². The van der Waals surface area contributed by atoms with E-state index in [1.165, 1.54) is 12.0 Å². The molecule has 2 aliphatic heterocycles. The van der Waals surface area contributed by atoms with Crippen molar-refractivity contribution in [2.24, 2.45) is 0 Å². The summed E-state index contributed by atoms with van der Waals surface area (Å²) >= 11 is 13.1. The van der Waals surface area contributed by atoms with Crippen LogP contribution in [0, 0.1) is 6.92 Å². The van der Waals surface area contributed by atoms with Crippen LogP contribution >= 0.6 is 23.2 Å². The van der Waals surface area contributed by atoms with Crippen molar-refractivity contribution in [3.63, 3.8) is 0 Å². The van der Waals surface area contributed by atoms with E-state index in [4.69, 9.17) is 37.4 Å². The summed E-state index contributed by atoms with van der Waals surface area (Å²) in [6.07, 6.45) is 0.0546. The van der Waals surface area contributed by atoms with Crippen LogP contribution in [0.3, 0.4) is 0 Å². The third-order valence-electron chi connectivity index (χ3n) is 5.79. The number of aryl methyl sites for hydroxylation is 1. The molecule has 1 aromatic heterocycles. The van der Waals surface area contributed by atoms with Crippen LogP contribution in [-0.2, 0) is 14.3 Å². The van der Waals surface area contributed by atoms with Gasteiger partial charge in [0.1, 0.15) is 23.0 Å². The van der Waals surface area contributed by atoms with Crippen LogP contribution in [0.5, 0.6) is 5.75 Å². The lowest BCUT2D eigenvalue weighted by Gasteiger charge is -2.38. The molecule has 1 spiro atoms. The van der Waals surface area contributed by atoms with E-state index < -0.39 is 34.7 Å². The van der Waals surface area contributed by atoms with Crippen molar-refractivity contribution in [2.75, 3.05) is 13.7 Å². The molecule has 4 rings (SSSR count). The molecule has 172 valence electrons. The molecule has 1 aromatic carbocycles. The number of hydrogen-bond donors (Lipinski definition) is 0. The predicted octanol–water partition coefficient (Wildman–Crippen LogP) is 5.18. The largest absolute Gasteiger partial charge is 0.483 e. The summed E-state index contributed by atoms with van der Waals surface area (Å²) in [5.41, 5.74) is 0.720. The number of carbonyl (C=O) groups excluding carboxylic acids is 2. The maximum absolute atomic E-state index is 12.9. The van der Waals surface area contributed by atoms with E-state index in [9.17, 15) is 9.59 Å². The first-order valence-corrected chi connectivity index (χ1v) is 11.2. The Hall–Kier alpha value is -2.25. The molecule has 1 fully saturated rings. The van der Waals surface area contributed by atoms with Crippen molar-refractivity contribution in [1.29, 1.82) is 0 Å². The Bertz CT molecular complexity index is 1100. The fourth-order valence-electron chi connectivity index (χ4n) is 4.53. The van der Waals surface area contributed by atoms with Gasteiger partial charge in [-0.25, -0.2) is 14.6 Å². The summed E-state index contributed by atoms with van der Waals surface area (Å²) in [7, 11) is 1.30. The van der Waals surface area contributed by atoms with E-state index in [2.05, 4.69) is 4.98 Å². The van der Waals surface area contributed by atoms with Gasteiger partial charge in [0.15, 0.2) is 0 Å². The van der Waals surface area contributed by atoms with Gasteiger partial charge in [-0.15, -0.1) is 11.6 Å². The molecule has 0 aliphatic carbocycles. The summed E-state index contributed by atoms with van der Waals surface area (Å²) in [5, 5.41) is 0.995. The predicted molar refractivity (Wildman–Crippen MR) is 121 cm³/mol. The highest BCUT2D eigenvalue weighted by Crippen LogP contribution is 2.51. The minimum Gasteiger partial charge on any atom is -0.483 e. The van der Waals surface area contributed by atoms with Crippen molar-refractivity contribution in [2.45, 2.75) is 63.2 Å². The van der Waals surface area contributed by atoms with E-state index in [1.807, 2.05) is 19.1 Å². The van der Waals surface area contributed by atoms with Crippen molar-refractivity contribution < 1.29 is 23.8 Å². The number of amides is 1. The van der Waals surface area contributed by atoms with Crippen LogP contribution in [-0.4, -0.2) is 52.8 Å². The van der Waals surface area contributed by atoms with Gasteiger partial charge in [-0.05, 0) is 45.9 Å². The lowest BCUT2D eigenvalue weighted by atomic mass is 9.87. The Kier molecular flexibility index (Phi) is 5.70. The van der Waals surface area contributed by atoms with Gasteiger partial charge < -0.3 is 14.2 Å². The van der Waals surface area contributed by atoms with Crippen molar-refractivity contribution in [3.05, 3.63) is 34.5 Å². The summed E-state index contributed by atoms with van der Waals surface area (Å²) in [6, 6.07) is 4.64. The van der Waals surface area contributed by atoms with Crippen molar-refractivity contribution >= 4 is 46.2 Å². The maximum Gasteiger partial charge on any atom is 0.411 e. The molecule has 2 aromatic rings. The van der Waals surface area contributed by atoms with Gasteiger partial charge in [-0.1, -0.05) is 11.6 Å². The summed E-state index contributed by atoms with van der Waals surface area (Å²) in [5.74, 6) is 0.0501. The van der Waals surface area contributed by atoms with E-state index in [0.29, 0.717) is 22.9 Å². The number of benzene rings is 1. The van der Waals surface area contributed by atoms with Gasteiger partial charge >= 0.3 is 12.1 Å². The lowest BCUT2D eigenvalue weighted by molar-refractivity contribution is -0.145. The average Bonchev–Trinajstić information content (AvgIpc) is 3.05. The second kappa shape index (κ2) is 7.96. The molecule has 32 heavy (non-hydrogen) atoms.